The van der Waals surface area contributed by atoms with Gasteiger partial charge in [-0.2, -0.15) is 0 Å². The predicted octanol–water partition coefficient (Wildman–Crippen LogP) is 1.58. The second-order valence-electron chi connectivity index (χ2n) is 5.53. The SMILES string of the molecule is CN=C(NCCCN1CCCCCC1)NC1CC1. The molecule has 2 rings (SSSR count). The van der Waals surface area contributed by atoms with Crippen molar-refractivity contribution in [1.82, 2.24) is 15.5 Å². The maximum absolute atomic E-state index is 4.25. The average molecular weight is 252 g/mol. The minimum absolute atomic E-state index is 0.682. The lowest BCUT2D eigenvalue weighted by atomic mass is 10.2. The van der Waals surface area contributed by atoms with Crippen molar-refractivity contribution in [1.29, 1.82) is 0 Å². The summed E-state index contributed by atoms with van der Waals surface area (Å²) in [4.78, 5) is 6.87. The van der Waals surface area contributed by atoms with E-state index in [9.17, 15) is 0 Å². The third-order valence-electron chi connectivity index (χ3n) is 3.78. The number of guanidine groups is 1. The van der Waals surface area contributed by atoms with Crippen molar-refractivity contribution in [3.63, 3.8) is 0 Å². The fourth-order valence-electron chi connectivity index (χ4n) is 2.48. The molecule has 2 fully saturated rings. The molecule has 18 heavy (non-hydrogen) atoms. The summed E-state index contributed by atoms with van der Waals surface area (Å²) in [6.45, 7) is 4.86. The minimum Gasteiger partial charge on any atom is -0.356 e. The molecular formula is C14H28N4. The topological polar surface area (TPSA) is 39.7 Å². The average Bonchev–Trinajstić information content (AvgIpc) is 3.20. The largest absolute Gasteiger partial charge is 0.356 e. The summed E-state index contributed by atoms with van der Waals surface area (Å²) >= 11 is 0. The molecule has 0 unspecified atom stereocenters. The first-order valence-electron chi connectivity index (χ1n) is 7.58. The van der Waals surface area contributed by atoms with Crippen LogP contribution in [-0.4, -0.2) is 50.1 Å². The molecule has 1 aliphatic heterocycles. The van der Waals surface area contributed by atoms with E-state index in [1.807, 2.05) is 7.05 Å². The van der Waals surface area contributed by atoms with Gasteiger partial charge in [-0.05, 0) is 51.7 Å². The first-order chi connectivity index (χ1) is 8.88. The third kappa shape index (κ3) is 5.25. The summed E-state index contributed by atoms with van der Waals surface area (Å²) in [7, 11) is 1.85. The van der Waals surface area contributed by atoms with E-state index in [0.717, 1.165) is 12.5 Å². The summed E-state index contributed by atoms with van der Waals surface area (Å²) in [6, 6.07) is 0.682. The Bertz CT molecular complexity index is 253. The molecule has 0 atom stereocenters. The molecule has 0 radical (unpaired) electrons. The van der Waals surface area contributed by atoms with E-state index in [2.05, 4.69) is 20.5 Å². The quantitative estimate of drug-likeness (QED) is 0.443. The summed E-state index contributed by atoms with van der Waals surface area (Å²) in [5.41, 5.74) is 0. The van der Waals surface area contributed by atoms with Crippen LogP contribution in [0.2, 0.25) is 0 Å². The number of rotatable bonds is 5. The highest BCUT2D eigenvalue weighted by Gasteiger charge is 2.21. The first-order valence-corrected chi connectivity index (χ1v) is 7.58. The Labute approximate surface area is 111 Å². The molecule has 0 spiro atoms. The Morgan fingerprint density at radius 2 is 1.89 bits per heavy atom. The smallest absolute Gasteiger partial charge is 0.191 e. The van der Waals surface area contributed by atoms with E-state index < -0.39 is 0 Å². The molecule has 1 saturated carbocycles. The van der Waals surface area contributed by atoms with Crippen molar-refractivity contribution in [2.24, 2.45) is 4.99 Å². The van der Waals surface area contributed by atoms with Crippen molar-refractivity contribution in [3.05, 3.63) is 0 Å². The van der Waals surface area contributed by atoms with Crippen LogP contribution < -0.4 is 10.6 Å². The number of aliphatic imine (C=N–C) groups is 1. The summed E-state index contributed by atoms with van der Waals surface area (Å²) in [5, 5.41) is 6.82. The number of hydrogen-bond donors (Lipinski definition) is 2. The lowest BCUT2D eigenvalue weighted by Gasteiger charge is -2.20. The van der Waals surface area contributed by atoms with Gasteiger partial charge in [-0.3, -0.25) is 4.99 Å². The summed E-state index contributed by atoms with van der Waals surface area (Å²) in [5.74, 6) is 0.980. The van der Waals surface area contributed by atoms with E-state index in [1.165, 1.54) is 64.6 Å². The molecule has 104 valence electrons. The molecule has 4 heteroatoms. The molecule has 1 saturated heterocycles. The van der Waals surface area contributed by atoms with Gasteiger partial charge in [0.1, 0.15) is 0 Å². The second-order valence-corrected chi connectivity index (χ2v) is 5.53. The maximum atomic E-state index is 4.25. The molecule has 0 amide bonds. The lowest BCUT2D eigenvalue weighted by Crippen LogP contribution is -2.39. The second kappa shape index (κ2) is 7.62. The van der Waals surface area contributed by atoms with Crippen LogP contribution in [0.25, 0.3) is 0 Å². The van der Waals surface area contributed by atoms with Crippen LogP contribution in [0.15, 0.2) is 4.99 Å². The zero-order valence-electron chi connectivity index (χ0n) is 11.7. The van der Waals surface area contributed by atoms with E-state index in [-0.39, 0.29) is 0 Å². The van der Waals surface area contributed by atoms with Crippen molar-refractivity contribution in [2.45, 2.75) is 51.0 Å². The van der Waals surface area contributed by atoms with Crippen LogP contribution in [0.1, 0.15) is 44.9 Å². The minimum atomic E-state index is 0.682. The number of nitrogens with zero attached hydrogens (tertiary/aromatic N) is 2. The number of hydrogen-bond acceptors (Lipinski definition) is 2. The zero-order chi connectivity index (χ0) is 12.6. The van der Waals surface area contributed by atoms with Gasteiger partial charge in [-0.15, -0.1) is 0 Å². The molecule has 0 bridgehead atoms. The van der Waals surface area contributed by atoms with Gasteiger partial charge in [-0.1, -0.05) is 12.8 Å². The highest BCUT2D eigenvalue weighted by molar-refractivity contribution is 5.80. The molecule has 0 aromatic heterocycles. The van der Waals surface area contributed by atoms with Crippen molar-refractivity contribution < 1.29 is 0 Å². The Morgan fingerprint density at radius 3 is 2.50 bits per heavy atom. The van der Waals surface area contributed by atoms with Gasteiger partial charge in [0.25, 0.3) is 0 Å². The third-order valence-corrected chi connectivity index (χ3v) is 3.78. The molecule has 2 N–H and O–H groups in total. The fourth-order valence-corrected chi connectivity index (χ4v) is 2.48. The molecule has 1 heterocycles. The van der Waals surface area contributed by atoms with Crippen molar-refractivity contribution in [2.75, 3.05) is 33.2 Å². The van der Waals surface area contributed by atoms with E-state index in [0.29, 0.717) is 6.04 Å². The van der Waals surface area contributed by atoms with Gasteiger partial charge in [0, 0.05) is 19.6 Å². The van der Waals surface area contributed by atoms with Gasteiger partial charge in [-0.25, -0.2) is 0 Å². The van der Waals surface area contributed by atoms with Crippen LogP contribution in [0, 0.1) is 0 Å². The monoisotopic (exact) mass is 252 g/mol. The van der Waals surface area contributed by atoms with Crippen molar-refractivity contribution >= 4 is 5.96 Å². The first kappa shape index (κ1) is 13.7. The van der Waals surface area contributed by atoms with Gasteiger partial charge >= 0.3 is 0 Å². The Morgan fingerprint density at radius 1 is 1.17 bits per heavy atom. The Kier molecular flexibility index (Phi) is 5.78. The zero-order valence-corrected chi connectivity index (χ0v) is 11.7. The Balaban J connectivity index is 1.53. The molecule has 4 nitrogen and oxygen atoms in total. The van der Waals surface area contributed by atoms with E-state index >= 15 is 0 Å². The molecule has 0 aromatic carbocycles. The van der Waals surface area contributed by atoms with Crippen LogP contribution in [0.3, 0.4) is 0 Å². The predicted molar refractivity (Wildman–Crippen MR) is 77.0 cm³/mol. The Hall–Kier alpha value is -0.770. The van der Waals surface area contributed by atoms with Crippen LogP contribution in [0.5, 0.6) is 0 Å². The van der Waals surface area contributed by atoms with Gasteiger partial charge in [0.05, 0.1) is 0 Å². The van der Waals surface area contributed by atoms with Crippen LogP contribution in [-0.2, 0) is 0 Å². The van der Waals surface area contributed by atoms with Gasteiger partial charge in [0.15, 0.2) is 5.96 Å². The van der Waals surface area contributed by atoms with E-state index in [4.69, 9.17) is 0 Å². The van der Waals surface area contributed by atoms with Crippen LogP contribution >= 0.6 is 0 Å². The fraction of sp³-hybridized carbons (Fsp3) is 0.929. The number of likely N-dealkylation sites (tertiary alicyclic amines) is 1. The summed E-state index contributed by atoms with van der Waals surface area (Å²) < 4.78 is 0. The summed E-state index contributed by atoms with van der Waals surface area (Å²) in [6.07, 6.45) is 9.43. The maximum Gasteiger partial charge on any atom is 0.191 e. The van der Waals surface area contributed by atoms with Gasteiger partial charge < -0.3 is 15.5 Å². The lowest BCUT2D eigenvalue weighted by molar-refractivity contribution is 0.282. The highest BCUT2D eigenvalue weighted by atomic mass is 15.2. The van der Waals surface area contributed by atoms with Crippen LogP contribution in [0.4, 0.5) is 0 Å². The molecule has 2 aliphatic rings. The van der Waals surface area contributed by atoms with Gasteiger partial charge in [0.2, 0.25) is 0 Å². The van der Waals surface area contributed by atoms with Crippen molar-refractivity contribution in [3.8, 4) is 0 Å². The standard InChI is InChI=1S/C14H28N4/c1-15-14(17-13-7-8-13)16-9-6-12-18-10-4-2-3-5-11-18/h13H,2-12H2,1H3,(H2,15,16,17). The molecule has 1 aliphatic carbocycles. The highest BCUT2D eigenvalue weighted by Crippen LogP contribution is 2.18. The molecular weight excluding hydrogens is 224 g/mol. The van der Waals surface area contributed by atoms with E-state index in [1.54, 1.807) is 0 Å². The number of nitrogens with one attached hydrogen (secondary N) is 2. The normalized spacial score (nSPS) is 22.6. The molecule has 0 aromatic rings.